The Morgan fingerprint density at radius 2 is 1.91 bits per heavy atom. The molecule has 1 heterocycles. The van der Waals surface area contributed by atoms with Gasteiger partial charge in [-0.2, -0.15) is 0 Å². The fourth-order valence-corrected chi connectivity index (χ4v) is 3.06. The van der Waals surface area contributed by atoms with Gasteiger partial charge in [0.1, 0.15) is 0 Å². The summed E-state index contributed by atoms with van der Waals surface area (Å²) in [6, 6.07) is 7.76. The highest BCUT2D eigenvalue weighted by atomic mass is 35.5. The summed E-state index contributed by atoms with van der Waals surface area (Å²) in [4.78, 5) is 10.3. The van der Waals surface area contributed by atoms with Crippen LogP contribution in [0.2, 0.25) is 5.02 Å². The summed E-state index contributed by atoms with van der Waals surface area (Å²) >= 11 is 6.25. The molecule has 0 spiro atoms. The molecule has 0 unspecified atom stereocenters. The average molecular weight is 327 g/mol. The van der Waals surface area contributed by atoms with Gasteiger partial charge in [0.05, 0.1) is 18.8 Å². The Labute approximate surface area is 136 Å². The van der Waals surface area contributed by atoms with Crippen LogP contribution in [0.5, 0.6) is 0 Å². The monoisotopic (exact) mass is 326 g/mol. The first-order valence-corrected chi connectivity index (χ1v) is 8.16. The summed E-state index contributed by atoms with van der Waals surface area (Å²) in [5.74, 6) is -0.544. The highest BCUT2D eigenvalue weighted by molar-refractivity contribution is 6.31. The third-order valence-electron chi connectivity index (χ3n) is 4.19. The van der Waals surface area contributed by atoms with E-state index < -0.39 is 5.79 Å². The molecule has 0 aliphatic carbocycles. The maximum absolute atomic E-state index is 10.3. The van der Waals surface area contributed by atoms with Crippen LogP contribution in [-0.2, 0) is 25.4 Å². The maximum atomic E-state index is 10.3. The number of carbonyl (C=O) groups excluding carboxylic acids is 1. The minimum absolute atomic E-state index is 0.0879. The normalized spacial score (nSPS) is 23.4. The topological polar surface area (TPSA) is 44.8 Å². The second-order valence-electron chi connectivity index (χ2n) is 5.48. The molecule has 22 heavy (non-hydrogen) atoms. The van der Waals surface area contributed by atoms with Gasteiger partial charge in [-0.05, 0) is 24.5 Å². The summed E-state index contributed by atoms with van der Waals surface area (Å²) in [7, 11) is 0. The zero-order valence-corrected chi connectivity index (χ0v) is 13.8. The van der Waals surface area contributed by atoms with Crippen molar-refractivity contribution in [1.29, 1.82) is 0 Å². The molecule has 0 radical (unpaired) electrons. The van der Waals surface area contributed by atoms with Crippen LogP contribution in [0.25, 0.3) is 0 Å². The Balaban J connectivity index is 2.10. The van der Waals surface area contributed by atoms with Gasteiger partial charge in [0.2, 0.25) is 0 Å². The lowest BCUT2D eigenvalue weighted by Gasteiger charge is -2.25. The molecule has 1 fully saturated rings. The zero-order chi connectivity index (χ0) is 16.0. The van der Waals surface area contributed by atoms with Gasteiger partial charge in [-0.3, -0.25) is 4.79 Å². The van der Waals surface area contributed by atoms with Crippen LogP contribution in [0.1, 0.15) is 38.7 Å². The van der Waals surface area contributed by atoms with E-state index in [9.17, 15) is 4.79 Å². The average Bonchev–Trinajstić information content (AvgIpc) is 2.89. The van der Waals surface area contributed by atoms with E-state index in [0.29, 0.717) is 25.9 Å². The van der Waals surface area contributed by atoms with Gasteiger partial charge in [-0.25, -0.2) is 0 Å². The lowest BCUT2D eigenvalue weighted by molar-refractivity contribution is -0.180. The molecule has 5 heteroatoms. The molecule has 122 valence electrons. The lowest BCUT2D eigenvalue weighted by Crippen LogP contribution is -2.29. The smallest absolute Gasteiger partial charge is 0.293 e. The number of rotatable bonds is 8. The number of carbonyl (C=O) groups is 1. The van der Waals surface area contributed by atoms with E-state index in [0.717, 1.165) is 23.4 Å². The highest BCUT2D eigenvalue weighted by Crippen LogP contribution is 2.37. The second-order valence-corrected chi connectivity index (χ2v) is 5.89. The molecule has 0 bridgehead atoms. The minimum Gasteiger partial charge on any atom is -0.468 e. The highest BCUT2D eigenvalue weighted by Gasteiger charge is 2.45. The van der Waals surface area contributed by atoms with Gasteiger partial charge in [-0.15, -0.1) is 0 Å². The van der Waals surface area contributed by atoms with Crippen molar-refractivity contribution >= 4 is 18.1 Å². The summed E-state index contributed by atoms with van der Waals surface area (Å²) in [5.41, 5.74) is 1.04. The number of benzene rings is 1. The molecule has 1 aromatic carbocycles. The third-order valence-corrected chi connectivity index (χ3v) is 4.56. The standard InChI is InChI=1S/C17H23ClO4/c1-3-17(4-2)21-15(9-10-20-12-19)16(22-17)11-13-7-5-6-8-14(13)18/h5-8,12,15-16H,3-4,9-11H2,1-2H3/t15-,16-/m1/s1. The molecule has 4 nitrogen and oxygen atoms in total. The Morgan fingerprint density at radius 3 is 2.55 bits per heavy atom. The molecule has 2 rings (SSSR count). The van der Waals surface area contributed by atoms with Crippen molar-refractivity contribution < 1.29 is 19.0 Å². The number of hydrogen-bond acceptors (Lipinski definition) is 4. The fourth-order valence-electron chi connectivity index (χ4n) is 2.85. The summed E-state index contributed by atoms with van der Waals surface area (Å²) in [6.07, 6.45) is 2.69. The van der Waals surface area contributed by atoms with E-state index in [2.05, 4.69) is 13.8 Å². The van der Waals surface area contributed by atoms with Gasteiger partial charge in [0, 0.05) is 17.9 Å². The number of halogens is 1. The van der Waals surface area contributed by atoms with Crippen molar-refractivity contribution in [3.8, 4) is 0 Å². The first kappa shape index (κ1) is 17.3. The maximum Gasteiger partial charge on any atom is 0.293 e. The molecule has 0 N–H and O–H groups in total. The number of ether oxygens (including phenoxy) is 3. The van der Waals surface area contributed by atoms with Crippen LogP contribution in [-0.4, -0.2) is 31.1 Å². The molecular weight excluding hydrogens is 304 g/mol. The Bertz CT molecular complexity index is 487. The molecular formula is C17H23ClO4. The molecule has 1 aliphatic heterocycles. The largest absolute Gasteiger partial charge is 0.468 e. The van der Waals surface area contributed by atoms with E-state index in [1.807, 2.05) is 24.3 Å². The summed E-state index contributed by atoms with van der Waals surface area (Å²) in [6.45, 7) is 4.91. The minimum atomic E-state index is -0.544. The molecule has 1 saturated heterocycles. The Hall–Kier alpha value is -1.10. The van der Waals surface area contributed by atoms with Gasteiger partial charge in [0.15, 0.2) is 5.79 Å². The fraction of sp³-hybridized carbons (Fsp3) is 0.588. The van der Waals surface area contributed by atoms with Gasteiger partial charge in [-0.1, -0.05) is 43.6 Å². The molecule has 0 saturated carbocycles. The van der Waals surface area contributed by atoms with Crippen molar-refractivity contribution in [2.75, 3.05) is 6.61 Å². The van der Waals surface area contributed by atoms with E-state index >= 15 is 0 Å². The van der Waals surface area contributed by atoms with Crippen molar-refractivity contribution in [2.24, 2.45) is 0 Å². The second kappa shape index (κ2) is 7.95. The van der Waals surface area contributed by atoms with E-state index in [4.69, 9.17) is 25.8 Å². The van der Waals surface area contributed by atoms with Crippen molar-refractivity contribution in [3.05, 3.63) is 34.9 Å². The quantitative estimate of drug-likeness (QED) is 0.539. The SMILES string of the molecule is CCC1(CC)O[C@H](CCOC=O)[C@@H](Cc2ccccc2Cl)O1. The molecule has 1 aromatic rings. The van der Waals surface area contributed by atoms with Crippen LogP contribution in [0, 0.1) is 0 Å². The summed E-state index contributed by atoms with van der Waals surface area (Å²) in [5, 5.41) is 0.736. The molecule has 0 aromatic heterocycles. The predicted octanol–water partition coefficient (Wildman–Crippen LogP) is 3.75. The zero-order valence-electron chi connectivity index (χ0n) is 13.1. The van der Waals surface area contributed by atoms with Gasteiger partial charge in [0.25, 0.3) is 6.47 Å². The van der Waals surface area contributed by atoms with Crippen LogP contribution in [0.15, 0.2) is 24.3 Å². The van der Waals surface area contributed by atoms with Crippen LogP contribution < -0.4 is 0 Å². The van der Waals surface area contributed by atoms with Crippen LogP contribution >= 0.6 is 11.6 Å². The Morgan fingerprint density at radius 1 is 1.23 bits per heavy atom. The van der Waals surface area contributed by atoms with Crippen molar-refractivity contribution in [1.82, 2.24) is 0 Å². The van der Waals surface area contributed by atoms with Crippen LogP contribution in [0.3, 0.4) is 0 Å². The third kappa shape index (κ3) is 4.00. The molecule has 2 atom stereocenters. The molecule has 1 aliphatic rings. The van der Waals surface area contributed by atoms with E-state index in [1.165, 1.54) is 0 Å². The first-order chi connectivity index (χ1) is 10.6. The number of hydrogen-bond donors (Lipinski definition) is 0. The molecule has 0 amide bonds. The van der Waals surface area contributed by atoms with E-state index in [-0.39, 0.29) is 12.2 Å². The lowest BCUT2D eigenvalue weighted by atomic mass is 10.0. The van der Waals surface area contributed by atoms with Crippen LogP contribution in [0.4, 0.5) is 0 Å². The predicted molar refractivity (Wildman–Crippen MR) is 84.8 cm³/mol. The van der Waals surface area contributed by atoms with Crippen molar-refractivity contribution in [3.63, 3.8) is 0 Å². The first-order valence-electron chi connectivity index (χ1n) is 7.78. The summed E-state index contributed by atoms with van der Waals surface area (Å²) < 4.78 is 17.2. The Kier molecular flexibility index (Phi) is 6.24. The van der Waals surface area contributed by atoms with Gasteiger partial charge < -0.3 is 14.2 Å². The van der Waals surface area contributed by atoms with E-state index in [1.54, 1.807) is 0 Å². The van der Waals surface area contributed by atoms with Gasteiger partial charge >= 0.3 is 0 Å². The van der Waals surface area contributed by atoms with Crippen molar-refractivity contribution in [2.45, 2.75) is 57.5 Å².